The molecule has 2 heterocycles. The van der Waals surface area contributed by atoms with Crippen LogP contribution in [-0.2, 0) is 16.4 Å². The second kappa shape index (κ2) is 12.4. The van der Waals surface area contributed by atoms with E-state index in [4.69, 9.17) is 10.5 Å². The monoisotopic (exact) mass is 551 g/mol. The number of carbonyl (C=O) groups excluding carboxylic acids is 1. The highest BCUT2D eigenvalue weighted by molar-refractivity contribution is 5.89. The molecule has 7 nitrogen and oxygen atoms in total. The largest absolute Gasteiger partial charge is 0.478 e. The van der Waals surface area contributed by atoms with Gasteiger partial charge in [-0.15, -0.1) is 0 Å². The number of nitrogens with one attached hydrogen (secondary N) is 1. The van der Waals surface area contributed by atoms with Crippen molar-refractivity contribution >= 4 is 11.6 Å². The number of nitriles is 1. The molecule has 0 bridgehead atoms. The number of carbonyl (C=O) groups is 1. The van der Waals surface area contributed by atoms with E-state index in [2.05, 4.69) is 10.3 Å². The Bertz CT molecular complexity index is 1360. The Balaban J connectivity index is 1.62. The van der Waals surface area contributed by atoms with Crippen molar-refractivity contribution in [3.05, 3.63) is 77.5 Å². The molecule has 10 heteroatoms. The van der Waals surface area contributed by atoms with Crippen molar-refractivity contribution in [1.29, 1.82) is 5.26 Å². The molecule has 0 radical (unpaired) electrons. The Morgan fingerprint density at radius 2 is 1.90 bits per heavy atom. The molecule has 1 aromatic heterocycles. The van der Waals surface area contributed by atoms with Gasteiger partial charge in [0.05, 0.1) is 28.8 Å². The van der Waals surface area contributed by atoms with Crippen molar-refractivity contribution in [3.63, 3.8) is 0 Å². The summed E-state index contributed by atoms with van der Waals surface area (Å²) in [6, 6.07) is 16.6. The number of aromatic nitrogens is 1. The lowest BCUT2D eigenvalue weighted by molar-refractivity contribution is -0.137. The summed E-state index contributed by atoms with van der Waals surface area (Å²) in [5.74, 6) is 0.419. The molecule has 1 fully saturated rings. The molecular formula is C30H32F3N5O2. The molecule has 0 atom stereocenters. The van der Waals surface area contributed by atoms with Crippen LogP contribution in [0.1, 0.15) is 42.9 Å². The third-order valence-electron chi connectivity index (χ3n) is 7.30. The molecule has 40 heavy (non-hydrogen) atoms. The Morgan fingerprint density at radius 3 is 2.52 bits per heavy atom. The molecule has 4 rings (SSSR count). The fourth-order valence-corrected chi connectivity index (χ4v) is 5.16. The number of hydrogen-bond acceptors (Lipinski definition) is 6. The second-order valence-corrected chi connectivity index (χ2v) is 9.68. The Kier molecular flexibility index (Phi) is 8.95. The first-order valence-electron chi connectivity index (χ1n) is 13.3. The lowest BCUT2D eigenvalue weighted by atomic mass is 9.71. The van der Waals surface area contributed by atoms with E-state index in [0.29, 0.717) is 63.6 Å². The smallest absolute Gasteiger partial charge is 0.416 e. The van der Waals surface area contributed by atoms with Crippen molar-refractivity contribution in [1.82, 2.24) is 10.3 Å². The fraction of sp³-hybridized carbons (Fsp3) is 0.367. The predicted octanol–water partition coefficient (Wildman–Crippen LogP) is 5.04. The van der Waals surface area contributed by atoms with E-state index in [0.717, 1.165) is 28.8 Å². The van der Waals surface area contributed by atoms with Crippen LogP contribution in [-0.4, -0.2) is 43.7 Å². The number of nitrogens with zero attached hydrogens (tertiary/aromatic N) is 3. The average molecular weight is 552 g/mol. The van der Waals surface area contributed by atoms with Crippen LogP contribution in [0.15, 0.2) is 60.8 Å². The van der Waals surface area contributed by atoms with E-state index >= 15 is 0 Å². The minimum atomic E-state index is -4.53. The van der Waals surface area contributed by atoms with E-state index in [1.807, 2.05) is 54.3 Å². The van der Waals surface area contributed by atoms with E-state index < -0.39 is 17.2 Å². The van der Waals surface area contributed by atoms with Gasteiger partial charge in [0.15, 0.2) is 0 Å². The normalized spacial score (nSPS) is 14.8. The molecular weight excluding hydrogens is 519 g/mol. The zero-order valence-electron chi connectivity index (χ0n) is 22.3. The summed E-state index contributed by atoms with van der Waals surface area (Å²) in [6.07, 6.45) is -1.38. The lowest BCUT2D eigenvalue weighted by Gasteiger charge is -2.42. The number of nitrogens with two attached hydrogens (primary N) is 1. The summed E-state index contributed by atoms with van der Waals surface area (Å²) in [5, 5.41) is 12.6. The van der Waals surface area contributed by atoms with Crippen LogP contribution in [0.25, 0.3) is 11.1 Å². The highest BCUT2D eigenvalue weighted by atomic mass is 19.4. The number of anilines is 1. The van der Waals surface area contributed by atoms with Crippen LogP contribution in [0.3, 0.4) is 0 Å². The van der Waals surface area contributed by atoms with Crippen molar-refractivity contribution in [3.8, 4) is 23.1 Å². The minimum absolute atomic E-state index is 0.0411. The molecule has 1 saturated heterocycles. The second-order valence-electron chi connectivity index (χ2n) is 9.68. The number of halogens is 3. The number of amides is 1. The first-order valence-corrected chi connectivity index (χ1v) is 13.3. The molecule has 3 aromatic rings. The predicted molar refractivity (Wildman–Crippen MR) is 147 cm³/mol. The lowest BCUT2D eigenvalue weighted by Crippen LogP contribution is -2.52. The summed E-state index contributed by atoms with van der Waals surface area (Å²) in [4.78, 5) is 19.8. The molecule has 0 aliphatic carbocycles. The van der Waals surface area contributed by atoms with Gasteiger partial charge in [-0.2, -0.15) is 18.4 Å². The fourth-order valence-electron chi connectivity index (χ4n) is 5.16. The van der Waals surface area contributed by atoms with Gasteiger partial charge in [-0.05, 0) is 74.2 Å². The van der Waals surface area contributed by atoms with Gasteiger partial charge in [0, 0.05) is 31.4 Å². The van der Waals surface area contributed by atoms with E-state index in [9.17, 15) is 23.2 Å². The van der Waals surface area contributed by atoms with Gasteiger partial charge >= 0.3 is 6.18 Å². The van der Waals surface area contributed by atoms with Gasteiger partial charge in [-0.3, -0.25) is 4.79 Å². The van der Waals surface area contributed by atoms with Crippen LogP contribution < -0.4 is 20.7 Å². The maximum Gasteiger partial charge on any atom is 0.416 e. The van der Waals surface area contributed by atoms with E-state index in [1.165, 1.54) is 6.07 Å². The molecule has 2 aromatic carbocycles. The number of ether oxygens (including phenoxy) is 1. The van der Waals surface area contributed by atoms with Crippen molar-refractivity contribution in [2.45, 2.75) is 37.8 Å². The Labute approximate surface area is 231 Å². The molecule has 210 valence electrons. The summed E-state index contributed by atoms with van der Waals surface area (Å²) in [7, 11) is 0. The van der Waals surface area contributed by atoms with Gasteiger partial charge in [-0.25, -0.2) is 4.98 Å². The maximum absolute atomic E-state index is 13.6. The number of piperidine rings is 1. The van der Waals surface area contributed by atoms with E-state index in [1.54, 1.807) is 6.20 Å². The van der Waals surface area contributed by atoms with Crippen LogP contribution in [0.2, 0.25) is 0 Å². The summed E-state index contributed by atoms with van der Waals surface area (Å²) >= 11 is 0. The summed E-state index contributed by atoms with van der Waals surface area (Å²) in [6.45, 7) is 4.06. The molecule has 1 aliphatic rings. The van der Waals surface area contributed by atoms with E-state index in [-0.39, 0.29) is 11.5 Å². The third kappa shape index (κ3) is 6.05. The van der Waals surface area contributed by atoms with Crippen molar-refractivity contribution in [2.24, 2.45) is 5.73 Å². The number of rotatable bonds is 9. The third-order valence-corrected chi connectivity index (χ3v) is 7.30. The molecule has 0 saturated carbocycles. The topological polar surface area (TPSA) is 104 Å². The zero-order chi connectivity index (χ0) is 28.8. The molecule has 3 N–H and O–H groups in total. The number of hydrogen-bond donors (Lipinski definition) is 2. The van der Waals surface area contributed by atoms with Crippen LogP contribution >= 0.6 is 0 Å². The Hall–Kier alpha value is -4.10. The van der Waals surface area contributed by atoms with Crippen LogP contribution in [0.4, 0.5) is 18.9 Å². The van der Waals surface area contributed by atoms with Crippen LogP contribution in [0, 0.1) is 11.3 Å². The van der Waals surface area contributed by atoms with Crippen molar-refractivity contribution in [2.75, 3.05) is 37.7 Å². The summed E-state index contributed by atoms with van der Waals surface area (Å²) in [5.41, 5.74) is 6.90. The highest BCUT2D eigenvalue weighted by Crippen LogP contribution is 2.40. The zero-order valence-corrected chi connectivity index (χ0v) is 22.3. The van der Waals surface area contributed by atoms with Gasteiger partial charge in [-0.1, -0.05) is 24.3 Å². The van der Waals surface area contributed by atoms with Gasteiger partial charge in [0.1, 0.15) is 6.07 Å². The molecule has 1 aliphatic heterocycles. The molecule has 1 amide bonds. The van der Waals surface area contributed by atoms with Gasteiger partial charge in [0.25, 0.3) is 0 Å². The first kappa shape index (κ1) is 28.9. The van der Waals surface area contributed by atoms with Crippen LogP contribution in [0.5, 0.6) is 5.88 Å². The number of pyridine rings is 1. The highest BCUT2D eigenvalue weighted by Gasteiger charge is 2.43. The summed E-state index contributed by atoms with van der Waals surface area (Å²) < 4.78 is 45.3. The first-order chi connectivity index (χ1) is 19.2. The standard InChI is InChI=1S/C30H32F3N5O2/c1-2-40-27-25(5-3-15-36-27)21-6-8-23(9-7-21)29(28(39)37-16-4-14-34)12-17-38(18-13-29)26-11-10-24(30(31,32)33)19-22(26)20-35/h3,5-11,15,19H,2,4,12-14,16-18,34H2,1H3,(H,37,39). The number of alkyl halides is 3. The quantitative estimate of drug-likeness (QED) is 0.361. The van der Waals surface area contributed by atoms with Gasteiger partial charge < -0.3 is 20.7 Å². The maximum atomic E-state index is 13.6. The number of benzene rings is 2. The SMILES string of the molecule is CCOc1ncccc1-c1ccc(C2(C(=O)NCCCN)CCN(c3ccc(C(F)(F)F)cc3C#N)CC2)cc1. The van der Waals surface area contributed by atoms with Gasteiger partial charge in [0.2, 0.25) is 11.8 Å². The molecule has 0 unspecified atom stereocenters. The molecule has 0 spiro atoms. The average Bonchev–Trinajstić information content (AvgIpc) is 2.97. The minimum Gasteiger partial charge on any atom is -0.478 e. The Morgan fingerprint density at radius 1 is 1.18 bits per heavy atom. The van der Waals surface area contributed by atoms with Crippen molar-refractivity contribution < 1.29 is 22.7 Å².